The lowest BCUT2D eigenvalue weighted by Gasteiger charge is -2.18. The number of amides is 1. The predicted octanol–water partition coefficient (Wildman–Crippen LogP) is 3.20. The van der Waals surface area contributed by atoms with Gasteiger partial charge in [0.1, 0.15) is 5.15 Å². The van der Waals surface area contributed by atoms with Crippen LogP contribution in [0.2, 0.25) is 5.15 Å². The van der Waals surface area contributed by atoms with Crippen molar-refractivity contribution in [2.75, 3.05) is 5.73 Å². The molecule has 0 radical (unpaired) electrons. The molecule has 104 valence electrons. The molecule has 1 aromatic carbocycles. The lowest BCUT2D eigenvalue weighted by molar-refractivity contribution is 0.0936. The standard InChI is InChI=1S/C15H16ClN3O/c1-2-13(10-6-4-3-5-7-10)19-15(20)11-8-14(16)18-9-12(11)17/h3-9,13H,2,17H2,1H3,(H,19,20). The number of pyridine rings is 1. The van der Waals surface area contributed by atoms with Crippen LogP contribution in [0.25, 0.3) is 0 Å². The van der Waals surface area contributed by atoms with Crippen LogP contribution in [0.5, 0.6) is 0 Å². The third-order valence-corrected chi connectivity index (χ3v) is 3.27. The third kappa shape index (κ3) is 3.27. The van der Waals surface area contributed by atoms with E-state index >= 15 is 0 Å². The fourth-order valence-corrected chi connectivity index (χ4v) is 2.14. The monoisotopic (exact) mass is 289 g/mol. The Bertz CT molecular complexity index is 601. The fourth-order valence-electron chi connectivity index (χ4n) is 1.98. The van der Waals surface area contributed by atoms with Crippen LogP contribution in [0.4, 0.5) is 5.69 Å². The fraction of sp³-hybridized carbons (Fsp3) is 0.200. The van der Waals surface area contributed by atoms with E-state index in [1.807, 2.05) is 37.3 Å². The summed E-state index contributed by atoms with van der Waals surface area (Å²) in [7, 11) is 0. The summed E-state index contributed by atoms with van der Waals surface area (Å²) in [5.74, 6) is -0.248. The molecule has 0 spiro atoms. The Morgan fingerprint density at radius 3 is 2.75 bits per heavy atom. The van der Waals surface area contributed by atoms with E-state index in [9.17, 15) is 4.79 Å². The summed E-state index contributed by atoms with van der Waals surface area (Å²) in [6.07, 6.45) is 2.18. The first-order valence-electron chi connectivity index (χ1n) is 6.38. The summed E-state index contributed by atoms with van der Waals surface area (Å²) in [5.41, 5.74) is 7.48. The number of nitrogens with zero attached hydrogens (tertiary/aromatic N) is 1. The zero-order chi connectivity index (χ0) is 14.5. The lowest BCUT2D eigenvalue weighted by atomic mass is 10.0. The van der Waals surface area contributed by atoms with Crippen molar-refractivity contribution in [1.29, 1.82) is 0 Å². The van der Waals surface area contributed by atoms with Gasteiger partial charge in [0.05, 0.1) is 23.5 Å². The van der Waals surface area contributed by atoms with Crippen LogP contribution in [0.3, 0.4) is 0 Å². The van der Waals surface area contributed by atoms with Crippen molar-refractivity contribution < 1.29 is 4.79 Å². The van der Waals surface area contributed by atoms with E-state index in [-0.39, 0.29) is 17.1 Å². The topological polar surface area (TPSA) is 68.0 Å². The number of aromatic nitrogens is 1. The molecule has 0 fully saturated rings. The molecule has 0 aliphatic carbocycles. The minimum atomic E-state index is -0.248. The highest BCUT2D eigenvalue weighted by Gasteiger charge is 2.16. The molecule has 1 atom stereocenters. The van der Waals surface area contributed by atoms with Crippen molar-refractivity contribution in [1.82, 2.24) is 10.3 Å². The van der Waals surface area contributed by atoms with Gasteiger partial charge in [-0.3, -0.25) is 4.79 Å². The van der Waals surface area contributed by atoms with Crippen LogP contribution >= 0.6 is 11.6 Å². The number of halogens is 1. The Morgan fingerprint density at radius 2 is 2.10 bits per heavy atom. The zero-order valence-electron chi connectivity index (χ0n) is 11.1. The second kappa shape index (κ2) is 6.39. The molecular formula is C15H16ClN3O. The molecule has 1 heterocycles. The molecule has 1 aromatic heterocycles. The Labute approximate surface area is 123 Å². The number of carbonyl (C=O) groups is 1. The average Bonchev–Trinajstić information content (AvgIpc) is 2.48. The van der Waals surface area contributed by atoms with Crippen LogP contribution in [0.1, 0.15) is 35.3 Å². The molecule has 2 rings (SSSR count). The molecule has 2 aromatic rings. The van der Waals surface area contributed by atoms with E-state index in [1.54, 1.807) is 0 Å². The molecule has 1 amide bonds. The molecule has 0 aliphatic heterocycles. The van der Waals surface area contributed by atoms with Crippen molar-refractivity contribution in [3.8, 4) is 0 Å². The number of hydrogen-bond acceptors (Lipinski definition) is 3. The molecule has 0 aliphatic rings. The van der Waals surface area contributed by atoms with E-state index in [0.717, 1.165) is 12.0 Å². The van der Waals surface area contributed by atoms with E-state index in [4.69, 9.17) is 17.3 Å². The SMILES string of the molecule is CCC(NC(=O)c1cc(Cl)ncc1N)c1ccccc1. The van der Waals surface area contributed by atoms with Gasteiger partial charge in [0.2, 0.25) is 0 Å². The minimum Gasteiger partial charge on any atom is -0.397 e. The van der Waals surface area contributed by atoms with E-state index in [0.29, 0.717) is 11.3 Å². The number of nitrogen functional groups attached to an aromatic ring is 1. The van der Waals surface area contributed by atoms with Crippen LogP contribution in [-0.4, -0.2) is 10.9 Å². The summed E-state index contributed by atoms with van der Waals surface area (Å²) in [6, 6.07) is 11.2. The van der Waals surface area contributed by atoms with Crippen molar-refractivity contribution >= 4 is 23.2 Å². The van der Waals surface area contributed by atoms with Gasteiger partial charge in [-0.25, -0.2) is 4.98 Å². The molecule has 3 N–H and O–H groups in total. The molecule has 0 saturated carbocycles. The van der Waals surface area contributed by atoms with Crippen molar-refractivity contribution in [2.24, 2.45) is 0 Å². The molecule has 1 unspecified atom stereocenters. The highest BCUT2D eigenvalue weighted by atomic mass is 35.5. The summed E-state index contributed by atoms with van der Waals surface area (Å²) in [5, 5.41) is 3.21. The van der Waals surface area contributed by atoms with Crippen molar-refractivity contribution in [3.63, 3.8) is 0 Å². The van der Waals surface area contributed by atoms with E-state index in [1.165, 1.54) is 12.3 Å². The van der Waals surface area contributed by atoms with Gasteiger partial charge in [-0.1, -0.05) is 48.9 Å². The smallest absolute Gasteiger partial charge is 0.254 e. The Balaban J connectivity index is 2.20. The lowest BCUT2D eigenvalue weighted by Crippen LogP contribution is -2.28. The van der Waals surface area contributed by atoms with E-state index in [2.05, 4.69) is 10.3 Å². The van der Waals surface area contributed by atoms with Crippen LogP contribution in [-0.2, 0) is 0 Å². The largest absolute Gasteiger partial charge is 0.397 e. The number of nitrogens with two attached hydrogens (primary N) is 1. The van der Waals surface area contributed by atoms with Crippen molar-refractivity contribution in [2.45, 2.75) is 19.4 Å². The van der Waals surface area contributed by atoms with E-state index < -0.39 is 0 Å². The number of hydrogen-bond donors (Lipinski definition) is 2. The number of carbonyl (C=O) groups excluding carboxylic acids is 1. The number of benzene rings is 1. The predicted molar refractivity (Wildman–Crippen MR) is 80.6 cm³/mol. The molecule has 0 saturated heterocycles. The molecule has 20 heavy (non-hydrogen) atoms. The van der Waals surface area contributed by atoms with Crippen LogP contribution in [0, 0.1) is 0 Å². The quantitative estimate of drug-likeness (QED) is 0.849. The Morgan fingerprint density at radius 1 is 1.40 bits per heavy atom. The van der Waals surface area contributed by atoms with Crippen LogP contribution < -0.4 is 11.1 Å². The first kappa shape index (κ1) is 14.3. The van der Waals surface area contributed by atoms with Gasteiger partial charge in [-0.05, 0) is 18.1 Å². The molecule has 4 nitrogen and oxygen atoms in total. The zero-order valence-corrected chi connectivity index (χ0v) is 11.9. The van der Waals surface area contributed by atoms with Gasteiger partial charge in [-0.15, -0.1) is 0 Å². The molecule has 5 heteroatoms. The maximum Gasteiger partial charge on any atom is 0.254 e. The Hall–Kier alpha value is -2.07. The average molecular weight is 290 g/mol. The highest BCUT2D eigenvalue weighted by molar-refractivity contribution is 6.29. The highest BCUT2D eigenvalue weighted by Crippen LogP contribution is 2.19. The van der Waals surface area contributed by atoms with Gasteiger partial charge in [0.15, 0.2) is 0 Å². The number of nitrogens with one attached hydrogen (secondary N) is 1. The first-order chi connectivity index (χ1) is 9.61. The summed E-state index contributed by atoms with van der Waals surface area (Å²) in [6.45, 7) is 2.01. The van der Waals surface area contributed by atoms with Gasteiger partial charge in [0, 0.05) is 0 Å². The maximum atomic E-state index is 12.3. The molecule has 0 bridgehead atoms. The number of rotatable bonds is 4. The van der Waals surface area contributed by atoms with Gasteiger partial charge in [-0.2, -0.15) is 0 Å². The molecular weight excluding hydrogens is 274 g/mol. The third-order valence-electron chi connectivity index (χ3n) is 3.06. The minimum absolute atomic E-state index is 0.0601. The second-order valence-corrected chi connectivity index (χ2v) is 4.83. The summed E-state index contributed by atoms with van der Waals surface area (Å²) in [4.78, 5) is 16.1. The maximum absolute atomic E-state index is 12.3. The van der Waals surface area contributed by atoms with Crippen molar-refractivity contribution in [3.05, 3.63) is 58.9 Å². The normalized spacial score (nSPS) is 11.9. The first-order valence-corrected chi connectivity index (χ1v) is 6.76. The van der Waals surface area contributed by atoms with Gasteiger partial charge < -0.3 is 11.1 Å². The Kier molecular flexibility index (Phi) is 4.58. The van der Waals surface area contributed by atoms with Gasteiger partial charge >= 0.3 is 0 Å². The van der Waals surface area contributed by atoms with Crippen LogP contribution in [0.15, 0.2) is 42.6 Å². The van der Waals surface area contributed by atoms with Gasteiger partial charge in [0.25, 0.3) is 5.91 Å². The summed E-state index contributed by atoms with van der Waals surface area (Å²) >= 11 is 5.80. The second-order valence-electron chi connectivity index (χ2n) is 4.44. The summed E-state index contributed by atoms with van der Waals surface area (Å²) < 4.78 is 0. The number of anilines is 1.